The first-order valence-electron chi connectivity index (χ1n) is 6.62. The van der Waals surface area contributed by atoms with Gasteiger partial charge in [-0.05, 0) is 46.7 Å². The Morgan fingerprint density at radius 2 is 2.22 bits per heavy atom. The number of nitrogens with zero attached hydrogens (tertiary/aromatic N) is 2. The molecule has 1 aromatic carbocycles. The molecule has 1 aromatic rings. The minimum absolute atomic E-state index is 0.161. The Kier molecular flexibility index (Phi) is 7.86. The largest absolute Gasteiger partial charge is 0.385 e. The van der Waals surface area contributed by atoms with Gasteiger partial charge in [-0.2, -0.15) is 0 Å². The van der Waals surface area contributed by atoms with Crippen molar-refractivity contribution in [2.24, 2.45) is 0 Å². The molecule has 23 heavy (non-hydrogen) atoms. The molecule has 0 saturated carbocycles. The average molecular weight is 405 g/mol. The van der Waals surface area contributed by atoms with E-state index < -0.39 is 10.8 Å². The number of hydrazine groups is 1. The van der Waals surface area contributed by atoms with Crippen LogP contribution in [0.5, 0.6) is 0 Å². The van der Waals surface area contributed by atoms with Crippen LogP contribution >= 0.6 is 28.1 Å². The summed E-state index contributed by atoms with van der Waals surface area (Å²) in [6.45, 7) is 1.21. The van der Waals surface area contributed by atoms with E-state index in [0.29, 0.717) is 22.7 Å². The number of nitrogens with one attached hydrogen (secondary N) is 2. The molecule has 0 fully saturated rings. The molecule has 8 nitrogen and oxygen atoms in total. The Morgan fingerprint density at radius 1 is 1.52 bits per heavy atom. The van der Waals surface area contributed by atoms with Gasteiger partial charge in [0.25, 0.3) is 11.6 Å². The lowest BCUT2D eigenvalue weighted by atomic mass is 10.2. The van der Waals surface area contributed by atoms with Crippen LogP contribution in [0.15, 0.2) is 22.7 Å². The first-order chi connectivity index (χ1) is 10.9. The lowest BCUT2D eigenvalue weighted by molar-refractivity contribution is -0.385. The maximum atomic E-state index is 12.1. The lowest BCUT2D eigenvalue weighted by Crippen LogP contribution is -2.48. The molecule has 0 unspecified atom stereocenters. The number of hydrogen-bond acceptors (Lipinski definition) is 5. The van der Waals surface area contributed by atoms with Crippen molar-refractivity contribution in [3.63, 3.8) is 0 Å². The molecule has 10 heteroatoms. The van der Waals surface area contributed by atoms with Crippen molar-refractivity contribution in [1.82, 2.24) is 15.8 Å². The molecule has 0 heterocycles. The van der Waals surface area contributed by atoms with Crippen LogP contribution in [0.1, 0.15) is 16.8 Å². The second-order valence-electron chi connectivity index (χ2n) is 4.50. The Labute approximate surface area is 147 Å². The Morgan fingerprint density at radius 3 is 2.83 bits per heavy atom. The second-order valence-corrected chi connectivity index (χ2v) is 5.74. The third-order valence-electron chi connectivity index (χ3n) is 2.78. The highest BCUT2D eigenvalue weighted by Gasteiger charge is 2.17. The fourth-order valence-electron chi connectivity index (χ4n) is 1.59. The Balaban J connectivity index is 2.63. The molecule has 1 amide bonds. The minimum Gasteiger partial charge on any atom is -0.385 e. The molecular formula is C13H17BrN4O4S. The summed E-state index contributed by atoms with van der Waals surface area (Å²) in [6, 6.07) is 4.13. The van der Waals surface area contributed by atoms with Crippen LogP contribution in [0.25, 0.3) is 0 Å². The van der Waals surface area contributed by atoms with Gasteiger partial charge >= 0.3 is 0 Å². The molecule has 0 spiro atoms. The van der Waals surface area contributed by atoms with Crippen molar-refractivity contribution in [2.75, 3.05) is 27.3 Å². The third kappa shape index (κ3) is 6.08. The number of amides is 1. The van der Waals surface area contributed by atoms with Crippen LogP contribution in [-0.2, 0) is 4.74 Å². The van der Waals surface area contributed by atoms with Gasteiger partial charge in [0.15, 0.2) is 5.11 Å². The number of hydrogen-bond donors (Lipinski definition) is 2. The number of thiocarbonyl (C=S) groups is 1. The van der Waals surface area contributed by atoms with Crippen molar-refractivity contribution in [3.8, 4) is 0 Å². The number of carbonyl (C=O) groups excluding carboxylic acids is 1. The van der Waals surface area contributed by atoms with E-state index in [4.69, 9.17) is 17.0 Å². The molecule has 0 aliphatic carbocycles. The van der Waals surface area contributed by atoms with Gasteiger partial charge in [0, 0.05) is 38.9 Å². The standard InChI is InChI=1S/C13H17BrN4O4S/c1-17(13(23)15-6-3-7-22-2)16-12(19)9-4-5-10(14)11(8-9)18(20)21/h4-5,8H,3,6-7H2,1-2H3,(H,15,23)(H,16,19). The molecule has 126 valence electrons. The molecule has 0 radical (unpaired) electrons. The van der Waals surface area contributed by atoms with E-state index in [1.54, 1.807) is 14.2 Å². The van der Waals surface area contributed by atoms with Crippen molar-refractivity contribution in [3.05, 3.63) is 38.3 Å². The number of ether oxygens (including phenoxy) is 1. The monoisotopic (exact) mass is 404 g/mol. The van der Waals surface area contributed by atoms with Crippen LogP contribution in [0.2, 0.25) is 0 Å². The number of benzene rings is 1. The third-order valence-corrected chi connectivity index (χ3v) is 3.87. The number of halogens is 1. The van der Waals surface area contributed by atoms with E-state index in [2.05, 4.69) is 26.7 Å². The highest BCUT2D eigenvalue weighted by Crippen LogP contribution is 2.25. The van der Waals surface area contributed by atoms with E-state index in [-0.39, 0.29) is 11.3 Å². The van der Waals surface area contributed by atoms with E-state index in [9.17, 15) is 14.9 Å². The molecule has 0 bridgehead atoms. The fraction of sp³-hybridized carbons (Fsp3) is 0.385. The maximum absolute atomic E-state index is 12.1. The van der Waals surface area contributed by atoms with Gasteiger partial charge in [-0.15, -0.1) is 0 Å². The van der Waals surface area contributed by atoms with Crippen molar-refractivity contribution in [1.29, 1.82) is 0 Å². The predicted octanol–water partition coefficient (Wildman–Crippen LogP) is 1.84. The molecule has 0 aromatic heterocycles. The van der Waals surface area contributed by atoms with Gasteiger partial charge in [-0.1, -0.05) is 0 Å². The van der Waals surface area contributed by atoms with Crippen LogP contribution in [0.4, 0.5) is 5.69 Å². The number of carbonyl (C=O) groups is 1. The molecule has 0 aliphatic rings. The first kappa shape index (κ1) is 19.3. The molecule has 0 aliphatic heterocycles. The zero-order valence-electron chi connectivity index (χ0n) is 12.7. The maximum Gasteiger partial charge on any atom is 0.284 e. The summed E-state index contributed by atoms with van der Waals surface area (Å²) in [4.78, 5) is 22.5. The highest BCUT2D eigenvalue weighted by atomic mass is 79.9. The first-order valence-corrected chi connectivity index (χ1v) is 7.82. The average Bonchev–Trinajstić information content (AvgIpc) is 2.51. The summed E-state index contributed by atoms with van der Waals surface area (Å²) in [5, 5.41) is 15.5. The molecule has 2 N–H and O–H groups in total. The summed E-state index contributed by atoms with van der Waals surface area (Å²) in [5.74, 6) is -0.496. The number of nitro benzene ring substituents is 1. The van der Waals surface area contributed by atoms with Crippen LogP contribution in [-0.4, -0.2) is 48.3 Å². The topological polar surface area (TPSA) is 96.7 Å². The van der Waals surface area contributed by atoms with Gasteiger partial charge in [0.1, 0.15) is 0 Å². The van der Waals surface area contributed by atoms with Crippen molar-refractivity contribution in [2.45, 2.75) is 6.42 Å². The van der Waals surface area contributed by atoms with Gasteiger partial charge in [-0.25, -0.2) is 0 Å². The van der Waals surface area contributed by atoms with E-state index in [0.717, 1.165) is 6.42 Å². The van der Waals surface area contributed by atoms with Gasteiger partial charge < -0.3 is 10.1 Å². The molecule has 0 saturated heterocycles. The van der Waals surface area contributed by atoms with Gasteiger partial charge in [0.2, 0.25) is 0 Å². The van der Waals surface area contributed by atoms with E-state index in [1.807, 2.05) is 0 Å². The number of nitro groups is 1. The molecule has 1 rings (SSSR count). The summed E-state index contributed by atoms with van der Waals surface area (Å²) in [7, 11) is 3.19. The normalized spacial score (nSPS) is 10.0. The predicted molar refractivity (Wildman–Crippen MR) is 93.1 cm³/mol. The highest BCUT2D eigenvalue weighted by molar-refractivity contribution is 9.10. The fourth-order valence-corrected chi connectivity index (χ4v) is 2.13. The van der Waals surface area contributed by atoms with Crippen LogP contribution < -0.4 is 10.7 Å². The SMILES string of the molecule is COCCCNC(=S)N(C)NC(=O)c1ccc(Br)c([N+](=O)[O-])c1. The summed E-state index contributed by atoms with van der Waals surface area (Å²) in [6.07, 6.45) is 0.775. The van der Waals surface area contributed by atoms with Gasteiger partial charge in [-0.3, -0.25) is 25.3 Å². The summed E-state index contributed by atoms with van der Waals surface area (Å²) >= 11 is 8.20. The lowest BCUT2D eigenvalue weighted by Gasteiger charge is -2.21. The number of methoxy groups -OCH3 is 1. The zero-order valence-corrected chi connectivity index (χ0v) is 15.1. The van der Waals surface area contributed by atoms with E-state index >= 15 is 0 Å². The van der Waals surface area contributed by atoms with Crippen LogP contribution in [0.3, 0.4) is 0 Å². The van der Waals surface area contributed by atoms with Gasteiger partial charge in [0.05, 0.1) is 9.40 Å². The van der Waals surface area contributed by atoms with Crippen LogP contribution in [0, 0.1) is 10.1 Å². The van der Waals surface area contributed by atoms with Crippen molar-refractivity contribution < 1.29 is 14.5 Å². The van der Waals surface area contributed by atoms with E-state index in [1.165, 1.54) is 23.2 Å². The Bertz CT molecular complexity index is 599. The zero-order chi connectivity index (χ0) is 17.4. The summed E-state index contributed by atoms with van der Waals surface area (Å²) in [5.41, 5.74) is 2.53. The molecule has 0 atom stereocenters. The smallest absolute Gasteiger partial charge is 0.284 e. The van der Waals surface area contributed by atoms with Crippen molar-refractivity contribution >= 4 is 44.9 Å². The molecular weight excluding hydrogens is 388 g/mol. The number of rotatable bonds is 6. The quantitative estimate of drug-likeness (QED) is 0.323. The minimum atomic E-state index is -0.563. The Hall–Kier alpha value is -1.78. The summed E-state index contributed by atoms with van der Waals surface area (Å²) < 4.78 is 5.23. The second kappa shape index (κ2) is 9.38.